The Labute approximate surface area is 101 Å². The van der Waals surface area contributed by atoms with E-state index in [-0.39, 0.29) is 11.3 Å². The second kappa shape index (κ2) is 5.21. The molecule has 0 bridgehead atoms. The van der Waals surface area contributed by atoms with Gasteiger partial charge < -0.3 is 5.32 Å². The molecule has 0 radical (unpaired) electrons. The van der Waals surface area contributed by atoms with Crippen molar-refractivity contribution in [2.24, 2.45) is 0 Å². The van der Waals surface area contributed by atoms with Gasteiger partial charge in [0.15, 0.2) is 5.78 Å². The minimum atomic E-state index is -0.570. The molecule has 1 atom stereocenters. The fraction of sp³-hybridized carbons (Fsp3) is 0.273. The van der Waals surface area contributed by atoms with Crippen molar-refractivity contribution >= 4 is 27.6 Å². The first-order valence-corrected chi connectivity index (χ1v) is 5.47. The Morgan fingerprint density at radius 2 is 2.06 bits per heavy atom. The normalized spacial score (nSPS) is 12.0. The molecule has 5 heteroatoms. The van der Waals surface area contributed by atoms with Crippen molar-refractivity contribution in [3.63, 3.8) is 0 Å². The van der Waals surface area contributed by atoms with Crippen LogP contribution in [0.4, 0.5) is 4.39 Å². The van der Waals surface area contributed by atoms with E-state index in [4.69, 9.17) is 0 Å². The van der Waals surface area contributed by atoms with Crippen LogP contribution in [0, 0.1) is 5.82 Å². The van der Waals surface area contributed by atoms with E-state index in [9.17, 15) is 14.0 Å². The highest BCUT2D eigenvalue weighted by atomic mass is 79.9. The lowest BCUT2D eigenvalue weighted by atomic mass is 10.1. The van der Waals surface area contributed by atoms with E-state index in [1.165, 1.54) is 19.1 Å². The summed E-state index contributed by atoms with van der Waals surface area (Å²) in [6.45, 7) is 2.96. The van der Waals surface area contributed by atoms with Crippen LogP contribution >= 0.6 is 15.9 Å². The van der Waals surface area contributed by atoms with Crippen molar-refractivity contribution in [2.45, 2.75) is 19.9 Å². The van der Waals surface area contributed by atoms with E-state index in [1.807, 2.05) is 0 Å². The number of ketones is 1. The number of benzene rings is 1. The van der Waals surface area contributed by atoms with Gasteiger partial charge in [-0.05, 0) is 48.0 Å². The number of nitrogens with one attached hydrogen (secondary N) is 1. The average Bonchev–Trinajstić information content (AvgIpc) is 2.21. The number of hydrogen-bond acceptors (Lipinski definition) is 2. The predicted molar refractivity (Wildman–Crippen MR) is 61.7 cm³/mol. The average molecular weight is 288 g/mol. The van der Waals surface area contributed by atoms with Gasteiger partial charge in [0, 0.05) is 5.56 Å². The lowest BCUT2D eigenvalue weighted by molar-refractivity contribution is -0.118. The molecule has 1 unspecified atom stereocenters. The number of halogens is 2. The van der Waals surface area contributed by atoms with Crippen molar-refractivity contribution in [3.05, 3.63) is 34.1 Å². The van der Waals surface area contributed by atoms with Gasteiger partial charge in [-0.3, -0.25) is 9.59 Å². The molecule has 0 aliphatic carbocycles. The van der Waals surface area contributed by atoms with Crippen molar-refractivity contribution in [2.75, 3.05) is 0 Å². The van der Waals surface area contributed by atoms with E-state index >= 15 is 0 Å². The van der Waals surface area contributed by atoms with Crippen molar-refractivity contribution in [3.8, 4) is 0 Å². The molecule has 0 saturated carbocycles. The third-order valence-electron chi connectivity index (χ3n) is 2.14. The van der Waals surface area contributed by atoms with Crippen molar-refractivity contribution in [1.29, 1.82) is 0 Å². The highest BCUT2D eigenvalue weighted by molar-refractivity contribution is 9.10. The smallest absolute Gasteiger partial charge is 0.251 e. The van der Waals surface area contributed by atoms with Crippen LogP contribution in [0.15, 0.2) is 22.7 Å². The summed E-state index contributed by atoms with van der Waals surface area (Å²) in [7, 11) is 0. The van der Waals surface area contributed by atoms with Gasteiger partial charge in [-0.2, -0.15) is 0 Å². The van der Waals surface area contributed by atoms with Gasteiger partial charge in [0.2, 0.25) is 0 Å². The summed E-state index contributed by atoms with van der Waals surface area (Å²) >= 11 is 2.99. The fourth-order valence-electron chi connectivity index (χ4n) is 1.02. The van der Waals surface area contributed by atoms with Gasteiger partial charge in [0.25, 0.3) is 5.91 Å². The molecule has 0 aliphatic rings. The van der Waals surface area contributed by atoms with Crippen LogP contribution in [0.1, 0.15) is 24.2 Å². The first-order chi connectivity index (χ1) is 7.41. The van der Waals surface area contributed by atoms with Gasteiger partial charge in [-0.1, -0.05) is 0 Å². The highest BCUT2D eigenvalue weighted by Crippen LogP contribution is 2.16. The number of Topliss-reactive ketones (excluding diaryl/α,β-unsaturated/α-hetero) is 1. The number of carbonyl (C=O) groups is 2. The van der Waals surface area contributed by atoms with E-state index in [1.54, 1.807) is 6.92 Å². The zero-order valence-electron chi connectivity index (χ0n) is 8.88. The summed E-state index contributed by atoms with van der Waals surface area (Å²) < 4.78 is 13.4. The van der Waals surface area contributed by atoms with Crippen LogP contribution in [0.5, 0.6) is 0 Å². The summed E-state index contributed by atoms with van der Waals surface area (Å²) in [5.74, 6) is -1.12. The SMILES string of the molecule is CC(=O)C(C)NC(=O)c1ccc(Br)c(F)c1. The van der Waals surface area contributed by atoms with Gasteiger partial charge in [0.1, 0.15) is 5.82 Å². The Bertz CT molecular complexity index is 434. The Kier molecular flexibility index (Phi) is 4.18. The van der Waals surface area contributed by atoms with E-state index in [0.29, 0.717) is 4.47 Å². The Morgan fingerprint density at radius 1 is 1.44 bits per heavy atom. The van der Waals surface area contributed by atoms with E-state index in [2.05, 4.69) is 21.2 Å². The maximum atomic E-state index is 13.1. The van der Waals surface area contributed by atoms with E-state index in [0.717, 1.165) is 6.07 Å². The Balaban J connectivity index is 2.81. The molecule has 86 valence electrons. The van der Waals surface area contributed by atoms with Crippen LogP contribution in [-0.4, -0.2) is 17.7 Å². The molecule has 1 aromatic carbocycles. The predicted octanol–water partition coefficient (Wildman–Crippen LogP) is 2.30. The maximum Gasteiger partial charge on any atom is 0.251 e. The molecule has 0 saturated heterocycles. The minimum Gasteiger partial charge on any atom is -0.343 e. The van der Waals surface area contributed by atoms with E-state index < -0.39 is 17.8 Å². The molecule has 0 heterocycles. The van der Waals surface area contributed by atoms with Gasteiger partial charge in [-0.15, -0.1) is 0 Å². The molecule has 0 aliphatic heterocycles. The minimum absolute atomic E-state index is 0.147. The highest BCUT2D eigenvalue weighted by Gasteiger charge is 2.13. The van der Waals surface area contributed by atoms with Gasteiger partial charge in [-0.25, -0.2) is 4.39 Å². The number of rotatable bonds is 3. The van der Waals surface area contributed by atoms with Crippen LogP contribution in [-0.2, 0) is 4.79 Å². The molecule has 1 rings (SSSR count). The second-order valence-electron chi connectivity index (χ2n) is 3.43. The standard InChI is InChI=1S/C11H11BrFNO2/c1-6(7(2)15)14-11(16)8-3-4-9(12)10(13)5-8/h3-6H,1-2H3,(H,14,16). The van der Waals surface area contributed by atoms with Crippen LogP contribution in [0.2, 0.25) is 0 Å². The molecule has 1 N–H and O–H groups in total. The van der Waals surface area contributed by atoms with Crippen molar-refractivity contribution in [1.82, 2.24) is 5.32 Å². The largest absolute Gasteiger partial charge is 0.343 e. The number of carbonyl (C=O) groups excluding carboxylic acids is 2. The number of hydrogen-bond donors (Lipinski definition) is 1. The Hall–Kier alpha value is -1.23. The van der Waals surface area contributed by atoms with Crippen LogP contribution < -0.4 is 5.32 Å². The summed E-state index contributed by atoms with van der Waals surface area (Å²) in [6.07, 6.45) is 0. The van der Waals surface area contributed by atoms with Gasteiger partial charge >= 0.3 is 0 Å². The molecule has 0 aromatic heterocycles. The number of amides is 1. The molecular formula is C11H11BrFNO2. The maximum absolute atomic E-state index is 13.1. The second-order valence-corrected chi connectivity index (χ2v) is 4.29. The first-order valence-electron chi connectivity index (χ1n) is 4.68. The summed E-state index contributed by atoms with van der Waals surface area (Å²) in [5.41, 5.74) is 0.189. The third-order valence-corrected chi connectivity index (χ3v) is 2.78. The molecule has 0 spiro atoms. The molecule has 1 aromatic rings. The monoisotopic (exact) mass is 287 g/mol. The van der Waals surface area contributed by atoms with Crippen LogP contribution in [0.25, 0.3) is 0 Å². The lowest BCUT2D eigenvalue weighted by Crippen LogP contribution is -2.37. The summed E-state index contributed by atoms with van der Waals surface area (Å²) in [5, 5.41) is 2.47. The molecular weight excluding hydrogens is 277 g/mol. The van der Waals surface area contributed by atoms with Gasteiger partial charge in [0.05, 0.1) is 10.5 Å². The zero-order valence-corrected chi connectivity index (χ0v) is 10.5. The lowest BCUT2D eigenvalue weighted by Gasteiger charge is -2.10. The summed E-state index contributed by atoms with van der Waals surface area (Å²) in [6, 6.07) is 3.48. The molecule has 1 amide bonds. The molecule has 16 heavy (non-hydrogen) atoms. The summed E-state index contributed by atoms with van der Waals surface area (Å²) in [4.78, 5) is 22.5. The third kappa shape index (κ3) is 3.13. The zero-order chi connectivity index (χ0) is 12.3. The molecule has 3 nitrogen and oxygen atoms in total. The quantitative estimate of drug-likeness (QED) is 0.927. The fourth-order valence-corrected chi connectivity index (χ4v) is 1.27. The first kappa shape index (κ1) is 12.8. The van der Waals surface area contributed by atoms with Crippen LogP contribution in [0.3, 0.4) is 0 Å². The molecule has 0 fully saturated rings. The Morgan fingerprint density at radius 3 is 2.56 bits per heavy atom. The topological polar surface area (TPSA) is 46.2 Å². The van der Waals surface area contributed by atoms with Crippen molar-refractivity contribution < 1.29 is 14.0 Å².